The summed E-state index contributed by atoms with van der Waals surface area (Å²) in [5.41, 5.74) is 2.04. The van der Waals surface area contributed by atoms with E-state index in [0.29, 0.717) is 35.8 Å². The van der Waals surface area contributed by atoms with Crippen molar-refractivity contribution in [3.8, 4) is 0 Å². The number of thiophene rings is 1. The molecule has 3 heterocycles. The fraction of sp³-hybridized carbons (Fsp3) is 0.368. The van der Waals surface area contributed by atoms with Gasteiger partial charge in [-0.1, -0.05) is 6.07 Å². The van der Waals surface area contributed by atoms with Gasteiger partial charge in [-0.05, 0) is 42.5 Å². The number of nitrogens with one attached hydrogen (secondary N) is 1. The summed E-state index contributed by atoms with van der Waals surface area (Å²) in [6.45, 7) is 0.648. The third-order valence-corrected chi connectivity index (χ3v) is 8.73. The van der Waals surface area contributed by atoms with Crippen molar-refractivity contribution in [3.63, 3.8) is 0 Å². The van der Waals surface area contributed by atoms with Gasteiger partial charge in [-0.2, -0.15) is 4.31 Å². The van der Waals surface area contributed by atoms with E-state index in [9.17, 15) is 18.0 Å². The quantitative estimate of drug-likeness (QED) is 0.679. The molecule has 154 valence electrons. The molecular weight excluding hydrogens is 412 g/mol. The minimum Gasteiger partial charge on any atom is -0.326 e. The van der Waals surface area contributed by atoms with Crippen LogP contribution < -0.4 is 11.0 Å². The minimum atomic E-state index is -3.47. The van der Waals surface area contributed by atoms with Crippen LogP contribution >= 0.6 is 11.3 Å². The van der Waals surface area contributed by atoms with Crippen molar-refractivity contribution in [1.82, 2.24) is 13.4 Å². The monoisotopic (exact) mass is 434 g/mol. The second-order valence-corrected chi connectivity index (χ2v) is 10.3. The Hall–Kier alpha value is -2.43. The van der Waals surface area contributed by atoms with Gasteiger partial charge < -0.3 is 5.32 Å². The van der Waals surface area contributed by atoms with Gasteiger partial charge in [-0.25, -0.2) is 13.2 Å². The van der Waals surface area contributed by atoms with Crippen molar-refractivity contribution in [2.75, 3.05) is 18.4 Å². The number of carbonyl (C=O) groups is 1. The van der Waals surface area contributed by atoms with E-state index in [1.807, 2.05) is 6.07 Å². The Balaban J connectivity index is 1.43. The highest BCUT2D eigenvalue weighted by Gasteiger charge is 2.32. The van der Waals surface area contributed by atoms with E-state index in [4.69, 9.17) is 0 Å². The number of carbonyl (C=O) groups excluding carboxylic acids is 1. The largest absolute Gasteiger partial charge is 0.328 e. The van der Waals surface area contributed by atoms with Crippen molar-refractivity contribution < 1.29 is 13.2 Å². The number of imidazole rings is 1. The fourth-order valence-corrected chi connectivity index (χ4v) is 6.34. The molecule has 8 nitrogen and oxygen atoms in total. The molecule has 1 saturated heterocycles. The topological polar surface area (TPSA) is 93.4 Å². The van der Waals surface area contributed by atoms with Gasteiger partial charge in [-0.15, -0.1) is 11.3 Å². The van der Waals surface area contributed by atoms with Crippen molar-refractivity contribution >= 4 is 44.0 Å². The number of sulfonamides is 1. The normalized spacial score (nSPS) is 16.3. The van der Waals surface area contributed by atoms with Crippen molar-refractivity contribution in [2.24, 2.45) is 20.0 Å². The number of benzene rings is 1. The lowest BCUT2D eigenvalue weighted by atomic mass is 9.97. The fourth-order valence-electron chi connectivity index (χ4n) is 3.72. The van der Waals surface area contributed by atoms with Crippen molar-refractivity contribution in [3.05, 3.63) is 46.2 Å². The second kappa shape index (κ2) is 7.43. The molecule has 0 radical (unpaired) electrons. The number of rotatable bonds is 4. The zero-order chi connectivity index (χ0) is 20.8. The summed E-state index contributed by atoms with van der Waals surface area (Å²) in [4.78, 5) is 24.7. The third-order valence-electron chi connectivity index (χ3n) is 5.45. The van der Waals surface area contributed by atoms with E-state index >= 15 is 0 Å². The van der Waals surface area contributed by atoms with E-state index in [-0.39, 0.29) is 17.5 Å². The summed E-state index contributed by atoms with van der Waals surface area (Å²) in [7, 11) is -0.0684. The Kier molecular flexibility index (Phi) is 5.09. The Labute approximate surface area is 172 Å². The van der Waals surface area contributed by atoms with Gasteiger partial charge in [0.05, 0.1) is 11.0 Å². The first-order chi connectivity index (χ1) is 13.8. The molecule has 0 atom stereocenters. The van der Waals surface area contributed by atoms with Crippen LogP contribution in [0, 0.1) is 5.92 Å². The summed E-state index contributed by atoms with van der Waals surface area (Å²) in [6.07, 6.45) is 0.949. The highest BCUT2D eigenvalue weighted by molar-refractivity contribution is 7.91. The standard InChI is InChI=1S/C19H22N4O4S2/c1-21-15-6-5-14(12-16(15)22(2)19(21)25)20-18(24)13-7-9-23(10-8-13)29(26,27)17-4-3-11-28-17/h3-6,11-13H,7-10H2,1-2H3,(H,20,24). The molecule has 10 heteroatoms. The molecule has 0 unspecified atom stereocenters. The SMILES string of the molecule is Cn1c(=O)n(C)c2cc(NC(=O)C3CCN(S(=O)(=O)c4cccs4)CC3)ccc21. The Morgan fingerprint density at radius 3 is 2.45 bits per heavy atom. The molecule has 1 amide bonds. The van der Waals surface area contributed by atoms with Gasteiger partial charge in [0.25, 0.3) is 10.0 Å². The van der Waals surface area contributed by atoms with Gasteiger partial charge in [0.1, 0.15) is 4.21 Å². The summed E-state index contributed by atoms with van der Waals surface area (Å²) in [5, 5.41) is 4.65. The number of anilines is 1. The first-order valence-corrected chi connectivity index (χ1v) is 11.6. The first kappa shape index (κ1) is 19.9. The van der Waals surface area contributed by atoms with Crippen LogP contribution in [0.4, 0.5) is 5.69 Å². The van der Waals surface area contributed by atoms with Gasteiger partial charge in [0.15, 0.2) is 0 Å². The Morgan fingerprint density at radius 1 is 1.10 bits per heavy atom. The van der Waals surface area contributed by atoms with Crippen LogP contribution in [0.25, 0.3) is 11.0 Å². The molecule has 0 saturated carbocycles. The van der Waals surface area contributed by atoms with E-state index < -0.39 is 10.0 Å². The molecule has 0 bridgehead atoms. The molecule has 1 aliphatic heterocycles. The van der Waals surface area contributed by atoms with E-state index in [0.717, 1.165) is 11.0 Å². The zero-order valence-electron chi connectivity index (χ0n) is 16.2. The molecule has 29 heavy (non-hydrogen) atoms. The number of hydrogen-bond acceptors (Lipinski definition) is 5. The minimum absolute atomic E-state index is 0.122. The summed E-state index contributed by atoms with van der Waals surface area (Å²) in [5.74, 6) is -0.376. The molecule has 0 spiro atoms. The number of fused-ring (bicyclic) bond motifs is 1. The lowest BCUT2D eigenvalue weighted by Gasteiger charge is -2.30. The van der Waals surface area contributed by atoms with Crippen LogP contribution in [0.3, 0.4) is 0 Å². The van der Waals surface area contributed by atoms with Gasteiger partial charge >= 0.3 is 5.69 Å². The summed E-state index contributed by atoms with van der Waals surface area (Å²) < 4.78 is 30.1. The van der Waals surface area contributed by atoms with E-state index in [2.05, 4.69) is 5.32 Å². The molecule has 1 fully saturated rings. The summed E-state index contributed by atoms with van der Waals surface area (Å²) >= 11 is 1.20. The molecule has 3 aromatic rings. The van der Waals surface area contributed by atoms with Crippen molar-refractivity contribution in [1.29, 1.82) is 0 Å². The van der Waals surface area contributed by atoms with E-state index in [1.54, 1.807) is 52.9 Å². The number of amides is 1. The van der Waals surface area contributed by atoms with Crippen LogP contribution in [-0.4, -0.2) is 40.9 Å². The maximum atomic E-state index is 12.7. The van der Waals surface area contributed by atoms with E-state index in [1.165, 1.54) is 15.6 Å². The maximum Gasteiger partial charge on any atom is 0.328 e. The van der Waals surface area contributed by atoms with Gasteiger partial charge in [0, 0.05) is 38.8 Å². The van der Waals surface area contributed by atoms with Crippen LogP contribution in [0.2, 0.25) is 0 Å². The molecule has 1 aromatic carbocycles. The molecular formula is C19H22N4O4S2. The predicted molar refractivity (Wildman–Crippen MR) is 113 cm³/mol. The van der Waals surface area contributed by atoms with Crippen molar-refractivity contribution in [2.45, 2.75) is 17.1 Å². The van der Waals surface area contributed by atoms with Gasteiger partial charge in [0.2, 0.25) is 5.91 Å². The third kappa shape index (κ3) is 3.52. The number of piperidine rings is 1. The molecule has 4 rings (SSSR count). The number of aromatic nitrogens is 2. The molecule has 1 aliphatic rings. The summed E-state index contributed by atoms with van der Waals surface area (Å²) in [6, 6.07) is 8.69. The maximum absolute atomic E-state index is 12.7. The molecule has 0 aliphatic carbocycles. The average Bonchev–Trinajstić information content (AvgIpc) is 3.33. The van der Waals surface area contributed by atoms with Crippen LogP contribution in [0.1, 0.15) is 12.8 Å². The Bertz CT molecular complexity index is 1220. The average molecular weight is 435 g/mol. The lowest BCUT2D eigenvalue weighted by Crippen LogP contribution is -2.41. The molecule has 1 N–H and O–H groups in total. The zero-order valence-corrected chi connectivity index (χ0v) is 17.8. The smallest absolute Gasteiger partial charge is 0.326 e. The lowest BCUT2D eigenvalue weighted by molar-refractivity contribution is -0.120. The molecule has 2 aromatic heterocycles. The number of nitrogens with zero attached hydrogens (tertiary/aromatic N) is 3. The Morgan fingerprint density at radius 2 is 1.79 bits per heavy atom. The van der Waals surface area contributed by atoms with Crippen LogP contribution in [0.15, 0.2) is 44.7 Å². The van der Waals surface area contributed by atoms with Gasteiger partial charge in [-0.3, -0.25) is 13.9 Å². The highest BCUT2D eigenvalue weighted by atomic mass is 32.2. The first-order valence-electron chi connectivity index (χ1n) is 9.29. The number of hydrogen-bond donors (Lipinski definition) is 1. The highest BCUT2D eigenvalue weighted by Crippen LogP contribution is 2.27. The van der Waals surface area contributed by atoms with Crippen LogP contribution in [0.5, 0.6) is 0 Å². The number of aryl methyl sites for hydroxylation is 2. The predicted octanol–water partition coefficient (Wildman–Crippen LogP) is 1.98. The van der Waals surface area contributed by atoms with Crippen LogP contribution in [-0.2, 0) is 28.9 Å². The second-order valence-electron chi connectivity index (χ2n) is 7.20.